The summed E-state index contributed by atoms with van der Waals surface area (Å²) >= 11 is 12.2. The average Bonchev–Trinajstić information content (AvgIpc) is 2.72. The van der Waals surface area contributed by atoms with E-state index in [1.54, 1.807) is 0 Å². The molecule has 0 unspecified atom stereocenters. The van der Waals surface area contributed by atoms with Crippen molar-refractivity contribution in [3.8, 4) is 11.5 Å². The Morgan fingerprint density at radius 2 is 0.929 bits per heavy atom. The van der Waals surface area contributed by atoms with Crippen LogP contribution >= 0.6 is 23.2 Å². The van der Waals surface area contributed by atoms with Gasteiger partial charge in [-0.25, -0.2) is 0 Å². The SMILES string of the molecule is CCCCCCCCOc1cc(CCl)c(CCl)cc1OCCCCCCCC. The summed E-state index contributed by atoms with van der Waals surface area (Å²) in [5.74, 6) is 2.49. The Morgan fingerprint density at radius 3 is 1.29 bits per heavy atom. The number of rotatable bonds is 18. The standard InChI is InChI=1S/C24H40Cl2O2/c1-3-5-7-9-11-13-15-27-23-17-21(19-25)22(20-26)18-24(23)28-16-14-12-10-8-6-4-2/h17-18H,3-16,19-20H2,1-2H3. The zero-order chi connectivity index (χ0) is 20.5. The van der Waals surface area contributed by atoms with E-state index in [-0.39, 0.29) is 0 Å². The van der Waals surface area contributed by atoms with Crippen LogP contribution in [-0.2, 0) is 11.8 Å². The monoisotopic (exact) mass is 430 g/mol. The molecule has 0 aliphatic rings. The maximum Gasteiger partial charge on any atom is 0.161 e. The fraction of sp³-hybridized carbons (Fsp3) is 0.750. The minimum absolute atomic E-state index is 0.438. The lowest BCUT2D eigenvalue weighted by molar-refractivity contribution is 0.258. The van der Waals surface area contributed by atoms with Gasteiger partial charge in [0.25, 0.3) is 0 Å². The third-order valence-electron chi connectivity index (χ3n) is 5.06. The Bertz CT molecular complexity index is 461. The maximum absolute atomic E-state index is 6.10. The summed E-state index contributed by atoms with van der Waals surface area (Å²) in [6.07, 6.45) is 15.0. The number of hydrogen-bond acceptors (Lipinski definition) is 2. The van der Waals surface area contributed by atoms with Gasteiger partial charge in [-0.1, -0.05) is 78.1 Å². The number of ether oxygens (including phenoxy) is 2. The predicted molar refractivity (Wildman–Crippen MR) is 123 cm³/mol. The number of alkyl halides is 2. The zero-order valence-electron chi connectivity index (χ0n) is 18.0. The van der Waals surface area contributed by atoms with Gasteiger partial charge in [0, 0.05) is 11.8 Å². The summed E-state index contributed by atoms with van der Waals surface area (Å²) in [6.45, 7) is 5.94. The van der Waals surface area contributed by atoms with E-state index in [4.69, 9.17) is 32.7 Å². The van der Waals surface area contributed by atoms with Crippen LogP contribution in [0, 0.1) is 0 Å². The maximum atomic E-state index is 6.10. The molecule has 0 aliphatic heterocycles. The van der Waals surface area contributed by atoms with Gasteiger partial charge in [-0.15, -0.1) is 23.2 Å². The molecule has 4 heteroatoms. The highest BCUT2D eigenvalue weighted by atomic mass is 35.5. The molecular weight excluding hydrogens is 391 g/mol. The Morgan fingerprint density at radius 1 is 0.571 bits per heavy atom. The number of hydrogen-bond donors (Lipinski definition) is 0. The molecule has 28 heavy (non-hydrogen) atoms. The second kappa shape index (κ2) is 17.3. The van der Waals surface area contributed by atoms with Gasteiger partial charge in [-0.3, -0.25) is 0 Å². The second-order valence-corrected chi connectivity index (χ2v) is 8.10. The third kappa shape index (κ3) is 10.8. The van der Waals surface area contributed by atoms with Crippen LogP contribution in [-0.4, -0.2) is 13.2 Å². The number of halogens is 2. The fourth-order valence-corrected chi connectivity index (χ4v) is 3.75. The van der Waals surface area contributed by atoms with Crippen molar-refractivity contribution in [2.75, 3.05) is 13.2 Å². The van der Waals surface area contributed by atoms with Crippen molar-refractivity contribution in [2.45, 2.75) is 103 Å². The molecule has 0 atom stereocenters. The molecule has 1 rings (SSSR count). The Balaban J connectivity index is 2.52. The Hall–Kier alpha value is -0.600. The molecule has 0 heterocycles. The molecule has 0 saturated carbocycles. The van der Waals surface area contributed by atoms with Gasteiger partial charge < -0.3 is 9.47 Å². The van der Waals surface area contributed by atoms with Crippen molar-refractivity contribution in [3.05, 3.63) is 23.3 Å². The molecule has 0 fully saturated rings. The minimum atomic E-state index is 0.438. The smallest absolute Gasteiger partial charge is 0.161 e. The van der Waals surface area contributed by atoms with Gasteiger partial charge in [-0.05, 0) is 36.1 Å². The molecule has 0 saturated heterocycles. The van der Waals surface area contributed by atoms with E-state index < -0.39 is 0 Å². The first kappa shape index (κ1) is 25.4. The molecule has 0 aliphatic carbocycles. The van der Waals surface area contributed by atoms with Crippen molar-refractivity contribution >= 4 is 23.2 Å². The van der Waals surface area contributed by atoms with Crippen LogP contribution in [0.2, 0.25) is 0 Å². The second-order valence-electron chi connectivity index (χ2n) is 7.57. The third-order valence-corrected chi connectivity index (χ3v) is 5.64. The summed E-state index contributed by atoms with van der Waals surface area (Å²) in [4.78, 5) is 0. The Labute approximate surface area is 183 Å². The van der Waals surface area contributed by atoms with Crippen molar-refractivity contribution in [3.63, 3.8) is 0 Å². The van der Waals surface area contributed by atoms with Crippen LogP contribution in [0.15, 0.2) is 12.1 Å². The summed E-state index contributed by atoms with van der Waals surface area (Å²) in [5, 5.41) is 0. The molecule has 162 valence electrons. The first-order chi connectivity index (χ1) is 13.8. The fourth-order valence-electron chi connectivity index (χ4n) is 3.25. The van der Waals surface area contributed by atoms with Gasteiger partial charge in [0.15, 0.2) is 11.5 Å². The number of unbranched alkanes of at least 4 members (excludes halogenated alkanes) is 10. The van der Waals surface area contributed by atoms with Crippen molar-refractivity contribution in [1.29, 1.82) is 0 Å². The molecule has 1 aromatic carbocycles. The highest BCUT2D eigenvalue weighted by Gasteiger charge is 2.12. The van der Waals surface area contributed by atoms with Crippen LogP contribution in [0.5, 0.6) is 11.5 Å². The van der Waals surface area contributed by atoms with Crippen LogP contribution in [0.1, 0.15) is 102 Å². The molecule has 1 aromatic rings. The molecule has 2 nitrogen and oxygen atoms in total. The van der Waals surface area contributed by atoms with Crippen molar-refractivity contribution in [2.24, 2.45) is 0 Å². The molecule has 0 radical (unpaired) electrons. The van der Waals surface area contributed by atoms with E-state index in [1.165, 1.54) is 64.2 Å². The Kier molecular flexibility index (Phi) is 15.7. The van der Waals surface area contributed by atoms with Crippen LogP contribution in [0.25, 0.3) is 0 Å². The quantitative estimate of drug-likeness (QED) is 0.171. The van der Waals surface area contributed by atoms with E-state index in [0.29, 0.717) is 11.8 Å². The number of benzene rings is 1. The molecular formula is C24H40Cl2O2. The van der Waals surface area contributed by atoms with Crippen LogP contribution < -0.4 is 9.47 Å². The normalized spacial score (nSPS) is 11.0. The lowest BCUT2D eigenvalue weighted by atomic mass is 10.1. The lowest BCUT2D eigenvalue weighted by Gasteiger charge is -2.16. The summed E-state index contributed by atoms with van der Waals surface area (Å²) in [7, 11) is 0. The molecule has 0 bridgehead atoms. The first-order valence-electron chi connectivity index (χ1n) is 11.3. The highest BCUT2D eigenvalue weighted by Crippen LogP contribution is 2.33. The summed E-state index contributed by atoms with van der Waals surface area (Å²) < 4.78 is 12.1. The minimum Gasteiger partial charge on any atom is -0.490 e. The lowest BCUT2D eigenvalue weighted by Crippen LogP contribution is -2.04. The van der Waals surface area contributed by atoms with E-state index >= 15 is 0 Å². The summed E-state index contributed by atoms with van der Waals surface area (Å²) in [6, 6.07) is 4.02. The largest absolute Gasteiger partial charge is 0.490 e. The van der Waals surface area contributed by atoms with Gasteiger partial charge in [0.05, 0.1) is 13.2 Å². The van der Waals surface area contributed by atoms with Gasteiger partial charge in [-0.2, -0.15) is 0 Å². The molecule has 0 aromatic heterocycles. The predicted octanol–water partition coefficient (Wildman–Crippen LogP) is 8.64. The zero-order valence-corrected chi connectivity index (χ0v) is 19.6. The van der Waals surface area contributed by atoms with E-state index in [0.717, 1.165) is 48.7 Å². The van der Waals surface area contributed by atoms with E-state index in [2.05, 4.69) is 13.8 Å². The molecule has 0 N–H and O–H groups in total. The van der Waals surface area contributed by atoms with E-state index in [9.17, 15) is 0 Å². The summed E-state index contributed by atoms with van der Waals surface area (Å²) in [5.41, 5.74) is 2.06. The van der Waals surface area contributed by atoms with Crippen molar-refractivity contribution < 1.29 is 9.47 Å². The van der Waals surface area contributed by atoms with Crippen molar-refractivity contribution in [1.82, 2.24) is 0 Å². The molecule has 0 spiro atoms. The molecule has 0 amide bonds. The topological polar surface area (TPSA) is 18.5 Å². The van der Waals surface area contributed by atoms with Gasteiger partial charge in [0.2, 0.25) is 0 Å². The first-order valence-corrected chi connectivity index (χ1v) is 12.4. The van der Waals surface area contributed by atoms with Crippen LogP contribution in [0.3, 0.4) is 0 Å². The van der Waals surface area contributed by atoms with E-state index in [1.807, 2.05) is 12.1 Å². The van der Waals surface area contributed by atoms with Gasteiger partial charge in [0.1, 0.15) is 0 Å². The highest BCUT2D eigenvalue weighted by molar-refractivity contribution is 6.18. The van der Waals surface area contributed by atoms with Crippen LogP contribution in [0.4, 0.5) is 0 Å². The van der Waals surface area contributed by atoms with Gasteiger partial charge >= 0.3 is 0 Å². The average molecular weight is 431 g/mol.